The normalized spacial score (nSPS) is 50.0. The SMILES string of the molecule is O=CC1CC2(C1)CC21CCC1. The highest BCUT2D eigenvalue weighted by molar-refractivity contribution is 5.57. The van der Waals surface area contributed by atoms with Crippen LogP contribution in [-0.2, 0) is 4.79 Å². The second-order valence-corrected chi connectivity index (χ2v) is 4.90. The Morgan fingerprint density at radius 2 is 1.91 bits per heavy atom. The van der Waals surface area contributed by atoms with Gasteiger partial charge in [0.05, 0.1) is 0 Å². The van der Waals surface area contributed by atoms with Crippen LogP contribution < -0.4 is 0 Å². The van der Waals surface area contributed by atoms with Crippen molar-refractivity contribution in [2.24, 2.45) is 16.7 Å². The van der Waals surface area contributed by atoms with Crippen LogP contribution in [0.2, 0.25) is 0 Å². The Bertz CT molecular complexity index is 209. The van der Waals surface area contributed by atoms with Gasteiger partial charge in [-0.05, 0) is 42.9 Å². The first kappa shape index (κ1) is 6.22. The lowest BCUT2D eigenvalue weighted by molar-refractivity contribution is -0.116. The van der Waals surface area contributed by atoms with Gasteiger partial charge in [-0.2, -0.15) is 0 Å². The number of aldehydes is 1. The molecule has 1 nitrogen and oxygen atoms in total. The summed E-state index contributed by atoms with van der Waals surface area (Å²) in [5, 5.41) is 0. The van der Waals surface area contributed by atoms with Crippen LogP contribution in [0, 0.1) is 16.7 Å². The third kappa shape index (κ3) is 0.533. The summed E-state index contributed by atoms with van der Waals surface area (Å²) in [7, 11) is 0. The van der Waals surface area contributed by atoms with Gasteiger partial charge in [-0.15, -0.1) is 0 Å². The van der Waals surface area contributed by atoms with Crippen molar-refractivity contribution in [2.75, 3.05) is 0 Å². The minimum Gasteiger partial charge on any atom is -0.303 e. The van der Waals surface area contributed by atoms with Gasteiger partial charge in [0.1, 0.15) is 6.29 Å². The van der Waals surface area contributed by atoms with Gasteiger partial charge in [-0.3, -0.25) is 0 Å². The molecule has 0 atom stereocenters. The molecule has 0 unspecified atom stereocenters. The Morgan fingerprint density at radius 3 is 2.27 bits per heavy atom. The maximum absolute atomic E-state index is 10.4. The zero-order valence-electron chi connectivity index (χ0n) is 6.81. The molecular weight excluding hydrogens is 136 g/mol. The molecule has 11 heavy (non-hydrogen) atoms. The molecule has 60 valence electrons. The molecule has 0 radical (unpaired) electrons. The quantitative estimate of drug-likeness (QED) is 0.523. The van der Waals surface area contributed by atoms with E-state index in [1.165, 1.54) is 38.5 Å². The summed E-state index contributed by atoms with van der Waals surface area (Å²) in [6, 6.07) is 0. The molecule has 0 aliphatic heterocycles. The second-order valence-electron chi connectivity index (χ2n) is 4.90. The first-order valence-corrected chi connectivity index (χ1v) is 4.76. The molecule has 0 N–H and O–H groups in total. The van der Waals surface area contributed by atoms with Gasteiger partial charge in [-0.1, -0.05) is 6.42 Å². The number of hydrogen-bond acceptors (Lipinski definition) is 1. The number of fused-ring (bicyclic) bond motifs is 1. The van der Waals surface area contributed by atoms with Gasteiger partial charge in [0.2, 0.25) is 0 Å². The molecule has 1 heteroatoms. The first-order valence-electron chi connectivity index (χ1n) is 4.76. The molecule has 0 amide bonds. The van der Waals surface area contributed by atoms with Gasteiger partial charge < -0.3 is 4.79 Å². The molecule has 3 aliphatic rings. The predicted molar refractivity (Wildman–Crippen MR) is 42.1 cm³/mol. The summed E-state index contributed by atoms with van der Waals surface area (Å²) in [6.45, 7) is 0. The smallest absolute Gasteiger partial charge is 0.123 e. The molecule has 3 saturated carbocycles. The summed E-state index contributed by atoms with van der Waals surface area (Å²) < 4.78 is 0. The second kappa shape index (κ2) is 1.55. The van der Waals surface area contributed by atoms with Gasteiger partial charge in [-0.25, -0.2) is 0 Å². The number of carbonyl (C=O) groups excluding carboxylic acids is 1. The average Bonchev–Trinajstić information content (AvgIpc) is 2.51. The van der Waals surface area contributed by atoms with E-state index in [4.69, 9.17) is 0 Å². The van der Waals surface area contributed by atoms with Crippen molar-refractivity contribution < 1.29 is 4.79 Å². The maximum Gasteiger partial charge on any atom is 0.123 e. The zero-order valence-corrected chi connectivity index (χ0v) is 6.81. The van der Waals surface area contributed by atoms with E-state index in [0.717, 1.165) is 11.7 Å². The fraction of sp³-hybridized carbons (Fsp3) is 0.900. The molecule has 0 aromatic carbocycles. The Labute approximate surface area is 67.2 Å². The topological polar surface area (TPSA) is 17.1 Å². The molecular formula is C10H14O. The summed E-state index contributed by atoms with van der Waals surface area (Å²) in [5.74, 6) is 0.440. The van der Waals surface area contributed by atoms with Crippen LogP contribution in [0.3, 0.4) is 0 Å². The molecule has 0 saturated heterocycles. The highest BCUT2D eigenvalue weighted by Gasteiger charge is 2.73. The Morgan fingerprint density at radius 1 is 1.18 bits per heavy atom. The third-order valence-corrected chi connectivity index (χ3v) is 4.49. The van der Waals surface area contributed by atoms with Gasteiger partial charge >= 0.3 is 0 Å². The van der Waals surface area contributed by atoms with Gasteiger partial charge in [0, 0.05) is 5.92 Å². The van der Waals surface area contributed by atoms with E-state index in [9.17, 15) is 4.79 Å². The first-order chi connectivity index (χ1) is 5.30. The van der Waals surface area contributed by atoms with Crippen molar-refractivity contribution in [3.63, 3.8) is 0 Å². The van der Waals surface area contributed by atoms with E-state index in [2.05, 4.69) is 0 Å². The van der Waals surface area contributed by atoms with E-state index in [0.29, 0.717) is 11.3 Å². The lowest BCUT2D eigenvalue weighted by atomic mass is 9.63. The molecule has 3 aliphatic carbocycles. The number of hydrogen-bond donors (Lipinski definition) is 0. The third-order valence-electron chi connectivity index (χ3n) is 4.49. The van der Waals surface area contributed by atoms with Gasteiger partial charge in [0.25, 0.3) is 0 Å². The highest BCUT2D eigenvalue weighted by atomic mass is 16.1. The Kier molecular flexibility index (Phi) is 0.875. The van der Waals surface area contributed by atoms with E-state index in [-0.39, 0.29) is 0 Å². The van der Waals surface area contributed by atoms with Crippen LogP contribution in [0.15, 0.2) is 0 Å². The summed E-state index contributed by atoms with van der Waals surface area (Å²) >= 11 is 0. The highest BCUT2D eigenvalue weighted by Crippen LogP contribution is 2.82. The fourth-order valence-electron chi connectivity index (χ4n) is 3.53. The van der Waals surface area contributed by atoms with Crippen LogP contribution in [-0.4, -0.2) is 6.29 Å². The predicted octanol–water partition coefficient (Wildman–Crippen LogP) is 2.16. The van der Waals surface area contributed by atoms with E-state index < -0.39 is 0 Å². The van der Waals surface area contributed by atoms with Crippen LogP contribution in [0.25, 0.3) is 0 Å². The number of carbonyl (C=O) groups is 1. The zero-order chi connectivity index (χ0) is 7.53. The monoisotopic (exact) mass is 150 g/mol. The van der Waals surface area contributed by atoms with Crippen molar-refractivity contribution in [2.45, 2.75) is 38.5 Å². The molecule has 0 bridgehead atoms. The summed E-state index contributed by atoms with van der Waals surface area (Å²) in [6.07, 6.45) is 9.48. The molecule has 0 aromatic heterocycles. The van der Waals surface area contributed by atoms with Crippen molar-refractivity contribution in [3.8, 4) is 0 Å². The largest absolute Gasteiger partial charge is 0.303 e. The number of rotatable bonds is 1. The van der Waals surface area contributed by atoms with Crippen LogP contribution >= 0.6 is 0 Å². The standard InChI is InChI=1S/C10H14O/c11-6-8-4-10(5-8)7-9(10)2-1-3-9/h6,8H,1-5,7H2. The Balaban J connectivity index is 1.70. The van der Waals surface area contributed by atoms with Crippen molar-refractivity contribution >= 4 is 6.29 Å². The molecule has 3 rings (SSSR count). The van der Waals surface area contributed by atoms with E-state index in [1.807, 2.05) is 0 Å². The molecule has 2 spiro atoms. The summed E-state index contributed by atoms with van der Waals surface area (Å²) in [5.41, 5.74) is 1.49. The molecule has 0 aromatic rings. The molecule has 0 heterocycles. The van der Waals surface area contributed by atoms with Gasteiger partial charge in [0.15, 0.2) is 0 Å². The maximum atomic E-state index is 10.4. The van der Waals surface area contributed by atoms with Crippen LogP contribution in [0.1, 0.15) is 38.5 Å². The summed E-state index contributed by atoms with van der Waals surface area (Å²) in [4.78, 5) is 10.4. The van der Waals surface area contributed by atoms with Crippen molar-refractivity contribution in [1.29, 1.82) is 0 Å². The Hall–Kier alpha value is -0.330. The lowest BCUT2D eigenvalue weighted by Gasteiger charge is -2.41. The molecule has 3 fully saturated rings. The van der Waals surface area contributed by atoms with Crippen LogP contribution in [0.4, 0.5) is 0 Å². The minimum absolute atomic E-state index is 0.440. The van der Waals surface area contributed by atoms with Crippen LogP contribution in [0.5, 0.6) is 0 Å². The van der Waals surface area contributed by atoms with Crippen molar-refractivity contribution in [3.05, 3.63) is 0 Å². The van der Waals surface area contributed by atoms with E-state index in [1.54, 1.807) is 0 Å². The minimum atomic E-state index is 0.440. The lowest BCUT2D eigenvalue weighted by Crippen LogP contribution is -2.34. The van der Waals surface area contributed by atoms with Crippen molar-refractivity contribution in [1.82, 2.24) is 0 Å². The average molecular weight is 150 g/mol. The fourth-order valence-corrected chi connectivity index (χ4v) is 3.53. The van der Waals surface area contributed by atoms with E-state index >= 15 is 0 Å².